The third-order valence-electron chi connectivity index (χ3n) is 3.45. The molecule has 0 saturated heterocycles. The summed E-state index contributed by atoms with van der Waals surface area (Å²) in [5.41, 5.74) is -0.262. The van der Waals surface area contributed by atoms with Crippen molar-refractivity contribution in [3.8, 4) is 6.07 Å². The Morgan fingerprint density at radius 1 is 1.16 bits per heavy atom. The molecule has 2 N–H and O–H groups in total. The molecule has 0 radical (unpaired) electrons. The second-order valence-corrected chi connectivity index (χ2v) is 6.26. The number of halogens is 3. The lowest BCUT2D eigenvalue weighted by Gasteiger charge is -2.08. The molecule has 0 spiro atoms. The summed E-state index contributed by atoms with van der Waals surface area (Å²) in [6.07, 6.45) is 0. The van der Waals surface area contributed by atoms with E-state index >= 15 is 0 Å². The maximum absolute atomic E-state index is 12.3. The van der Waals surface area contributed by atoms with Crippen molar-refractivity contribution >= 4 is 57.0 Å². The molecule has 0 fully saturated rings. The van der Waals surface area contributed by atoms with Crippen molar-refractivity contribution in [1.82, 2.24) is 9.97 Å². The minimum Gasteiger partial charge on any atom is -0.506 e. The molecule has 0 aliphatic heterocycles. The normalized spacial score (nSPS) is 11.9. The predicted octanol–water partition coefficient (Wildman–Crippen LogP) is 4.83. The van der Waals surface area contributed by atoms with E-state index in [-0.39, 0.29) is 32.4 Å². The predicted molar refractivity (Wildman–Crippen MR) is 98.9 cm³/mol. The van der Waals surface area contributed by atoms with Gasteiger partial charge < -0.3 is 10.1 Å². The second-order valence-electron chi connectivity index (χ2n) is 5.01. The van der Waals surface area contributed by atoms with Crippen LogP contribution >= 0.6 is 34.8 Å². The van der Waals surface area contributed by atoms with Crippen LogP contribution in [0, 0.1) is 11.3 Å². The van der Waals surface area contributed by atoms with Gasteiger partial charge in [-0.15, -0.1) is 0 Å². The number of aliphatic hydroxyl groups excluding tert-OH is 1. The highest BCUT2D eigenvalue weighted by atomic mass is 35.5. The number of allylic oxidation sites excluding steroid dienone is 1. The third-order valence-corrected chi connectivity index (χ3v) is 4.32. The van der Waals surface area contributed by atoms with E-state index in [1.54, 1.807) is 18.2 Å². The number of nitrogens with one attached hydrogen (secondary N) is 1. The Kier molecular flexibility index (Phi) is 4.69. The quantitative estimate of drug-likeness (QED) is 0.482. The highest BCUT2D eigenvalue weighted by molar-refractivity contribution is 6.36. The lowest BCUT2D eigenvalue weighted by molar-refractivity contribution is 0.514. The first kappa shape index (κ1) is 17.3. The van der Waals surface area contributed by atoms with Crippen LogP contribution in [0.3, 0.4) is 0 Å². The molecular weight excluding hydrogens is 385 g/mol. The van der Waals surface area contributed by atoms with Crippen molar-refractivity contribution in [1.29, 1.82) is 5.26 Å². The summed E-state index contributed by atoms with van der Waals surface area (Å²) in [4.78, 5) is 18.9. The van der Waals surface area contributed by atoms with Crippen molar-refractivity contribution in [3.05, 3.63) is 73.2 Å². The van der Waals surface area contributed by atoms with Gasteiger partial charge in [0.2, 0.25) is 0 Å². The first-order valence-corrected chi connectivity index (χ1v) is 8.03. The molecule has 1 aromatic heterocycles. The largest absolute Gasteiger partial charge is 0.506 e. The summed E-state index contributed by atoms with van der Waals surface area (Å²) < 4.78 is 0. The van der Waals surface area contributed by atoms with Crippen LogP contribution in [-0.2, 0) is 0 Å². The molecule has 25 heavy (non-hydrogen) atoms. The summed E-state index contributed by atoms with van der Waals surface area (Å²) in [6, 6.07) is 11.0. The Morgan fingerprint density at radius 2 is 1.92 bits per heavy atom. The van der Waals surface area contributed by atoms with E-state index in [9.17, 15) is 15.2 Å². The minimum absolute atomic E-state index is 0.0919. The molecule has 0 aliphatic rings. The van der Waals surface area contributed by atoms with Gasteiger partial charge >= 0.3 is 0 Å². The first-order chi connectivity index (χ1) is 11.9. The smallest absolute Gasteiger partial charge is 0.260 e. The number of aromatic nitrogens is 2. The van der Waals surface area contributed by atoms with Gasteiger partial charge in [-0.3, -0.25) is 4.79 Å². The van der Waals surface area contributed by atoms with Crippen LogP contribution in [0.15, 0.2) is 41.2 Å². The van der Waals surface area contributed by atoms with Gasteiger partial charge in [0.15, 0.2) is 5.82 Å². The number of fused-ring (bicyclic) bond motifs is 1. The fourth-order valence-corrected chi connectivity index (χ4v) is 3.06. The van der Waals surface area contributed by atoms with Gasteiger partial charge in [-0.05, 0) is 30.3 Å². The summed E-state index contributed by atoms with van der Waals surface area (Å²) in [5.74, 6) is -0.514. The Balaban J connectivity index is 2.27. The van der Waals surface area contributed by atoms with Gasteiger partial charge in [0.05, 0.1) is 20.9 Å². The van der Waals surface area contributed by atoms with Crippen LogP contribution in [0.5, 0.6) is 0 Å². The SMILES string of the molecule is N#CC(=C(O)c1ccc(Cl)cc1Cl)c1nc2cccc(Cl)c2c(=O)[nH]1. The van der Waals surface area contributed by atoms with Gasteiger partial charge in [-0.2, -0.15) is 5.26 Å². The molecule has 3 rings (SSSR count). The van der Waals surface area contributed by atoms with E-state index in [0.717, 1.165) is 0 Å². The molecule has 0 bridgehead atoms. The van der Waals surface area contributed by atoms with Gasteiger partial charge in [0.1, 0.15) is 17.4 Å². The standard InChI is InChI=1S/C17H8Cl3N3O2/c18-8-4-5-9(12(20)6-8)15(24)10(7-21)16-22-13-3-1-2-11(19)14(13)17(25)23-16/h1-6,24H,(H,22,23,25). The van der Waals surface area contributed by atoms with Gasteiger partial charge in [0, 0.05) is 10.6 Å². The number of nitrogens with zero attached hydrogens (tertiary/aromatic N) is 2. The van der Waals surface area contributed by atoms with Crippen LogP contribution in [0.2, 0.25) is 15.1 Å². The number of nitriles is 1. The molecule has 3 aromatic rings. The first-order valence-electron chi connectivity index (χ1n) is 6.90. The second kappa shape index (κ2) is 6.77. The van der Waals surface area contributed by atoms with Crippen molar-refractivity contribution in [2.75, 3.05) is 0 Å². The molecule has 2 aromatic carbocycles. The monoisotopic (exact) mass is 391 g/mol. The van der Waals surface area contributed by atoms with E-state index in [1.807, 2.05) is 6.07 Å². The van der Waals surface area contributed by atoms with E-state index in [4.69, 9.17) is 34.8 Å². The summed E-state index contributed by atoms with van der Waals surface area (Å²) in [5, 5.41) is 20.9. The zero-order valence-corrected chi connectivity index (χ0v) is 14.6. The van der Waals surface area contributed by atoms with Crippen molar-refractivity contribution < 1.29 is 5.11 Å². The molecule has 0 unspecified atom stereocenters. The lowest BCUT2D eigenvalue weighted by atomic mass is 10.1. The Labute approximate surface area is 156 Å². The fraction of sp³-hybridized carbons (Fsp3) is 0. The minimum atomic E-state index is -0.520. The average Bonchev–Trinajstić information content (AvgIpc) is 2.55. The zero-order chi connectivity index (χ0) is 18.1. The van der Waals surface area contributed by atoms with Gasteiger partial charge in [0.25, 0.3) is 5.56 Å². The van der Waals surface area contributed by atoms with E-state index in [0.29, 0.717) is 10.5 Å². The Morgan fingerprint density at radius 3 is 2.60 bits per heavy atom. The number of rotatable bonds is 2. The van der Waals surface area contributed by atoms with Crippen LogP contribution < -0.4 is 5.56 Å². The highest BCUT2D eigenvalue weighted by Crippen LogP contribution is 2.30. The average molecular weight is 393 g/mol. The summed E-state index contributed by atoms with van der Waals surface area (Å²) >= 11 is 17.9. The van der Waals surface area contributed by atoms with Crippen molar-refractivity contribution in [3.63, 3.8) is 0 Å². The number of H-pyrrole nitrogens is 1. The molecule has 5 nitrogen and oxygen atoms in total. The summed E-state index contributed by atoms with van der Waals surface area (Å²) in [7, 11) is 0. The summed E-state index contributed by atoms with van der Waals surface area (Å²) in [6.45, 7) is 0. The van der Waals surface area contributed by atoms with Crippen molar-refractivity contribution in [2.24, 2.45) is 0 Å². The van der Waals surface area contributed by atoms with E-state index in [2.05, 4.69) is 9.97 Å². The molecule has 1 heterocycles. The maximum Gasteiger partial charge on any atom is 0.260 e. The maximum atomic E-state index is 12.3. The highest BCUT2D eigenvalue weighted by Gasteiger charge is 2.17. The number of hydrogen-bond donors (Lipinski definition) is 2. The molecule has 8 heteroatoms. The zero-order valence-electron chi connectivity index (χ0n) is 12.3. The Bertz CT molecular complexity index is 1130. The van der Waals surface area contributed by atoms with Crippen LogP contribution in [0.25, 0.3) is 22.2 Å². The van der Waals surface area contributed by atoms with Gasteiger partial charge in [-0.25, -0.2) is 4.98 Å². The molecule has 124 valence electrons. The number of aliphatic hydroxyl groups is 1. The molecule has 0 aliphatic carbocycles. The molecular formula is C17H8Cl3N3O2. The van der Waals surface area contributed by atoms with Crippen molar-refractivity contribution in [2.45, 2.75) is 0 Å². The molecule has 0 atom stereocenters. The number of benzene rings is 2. The third kappa shape index (κ3) is 3.20. The van der Waals surface area contributed by atoms with E-state index < -0.39 is 11.3 Å². The topological polar surface area (TPSA) is 89.8 Å². The lowest BCUT2D eigenvalue weighted by Crippen LogP contribution is -2.12. The van der Waals surface area contributed by atoms with Crippen LogP contribution in [0.1, 0.15) is 11.4 Å². The Hall–Kier alpha value is -2.52. The molecule has 0 saturated carbocycles. The van der Waals surface area contributed by atoms with Crippen LogP contribution in [0.4, 0.5) is 0 Å². The van der Waals surface area contributed by atoms with E-state index in [1.165, 1.54) is 18.2 Å². The number of hydrogen-bond acceptors (Lipinski definition) is 4. The van der Waals surface area contributed by atoms with Crippen LogP contribution in [-0.4, -0.2) is 15.1 Å². The van der Waals surface area contributed by atoms with Gasteiger partial charge in [-0.1, -0.05) is 40.9 Å². The number of aromatic amines is 1. The molecule has 0 amide bonds. The fourth-order valence-electron chi connectivity index (χ4n) is 2.30.